The van der Waals surface area contributed by atoms with Crippen molar-refractivity contribution in [1.29, 1.82) is 0 Å². The Hall–Kier alpha value is -1.88. The Kier molecular flexibility index (Phi) is 5.48. The summed E-state index contributed by atoms with van der Waals surface area (Å²) in [5, 5.41) is 0. The van der Waals surface area contributed by atoms with Gasteiger partial charge in [-0.3, -0.25) is 14.5 Å². The van der Waals surface area contributed by atoms with Crippen LogP contribution in [-0.4, -0.2) is 54.0 Å². The SMILES string of the molecule is COC(=O)[C@@H]1CC[C@@H]1C(=O)N1CCC[C@@H]1[C@H]1CCCN1Cc1ccccc1. The van der Waals surface area contributed by atoms with E-state index in [0.717, 1.165) is 51.7 Å². The second-order valence-electron chi connectivity index (χ2n) is 8.22. The van der Waals surface area contributed by atoms with Gasteiger partial charge in [-0.15, -0.1) is 0 Å². The molecule has 2 aliphatic heterocycles. The summed E-state index contributed by atoms with van der Waals surface area (Å²) in [4.78, 5) is 29.8. The van der Waals surface area contributed by atoms with E-state index in [4.69, 9.17) is 4.74 Å². The van der Waals surface area contributed by atoms with Crippen LogP contribution in [0.25, 0.3) is 0 Å². The molecule has 1 amide bonds. The van der Waals surface area contributed by atoms with E-state index in [1.807, 2.05) is 0 Å². The molecule has 0 radical (unpaired) electrons. The van der Waals surface area contributed by atoms with Gasteiger partial charge in [0.1, 0.15) is 0 Å². The number of hydrogen-bond acceptors (Lipinski definition) is 4. The van der Waals surface area contributed by atoms with Crippen molar-refractivity contribution in [1.82, 2.24) is 9.80 Å². The third kappa shape index (κ3) is 3.62. The number of amides is 1. The average molecular weight is 370 g/mol. The van der Waals surface area contributed by atoms with Crippen LogP contribution in [0.2, 0.25) is 0 Å². The number of carbonyl (C=O) groups is 2. The van der Waals surface area contributed by atoms with Crippen molar-refractivity contribution < 1.29 is 14.3 Å². The zero-order valence-electron chi connectivity index (χ0n) is 16.2. The largest absolute Gasteiger partial charge is 0.469 e. The first-order chi connectivity index (χ1) is 13.2. The Morgan fingerprint density at radius 3 is 2.37 bits per heavy atom. The van der Waals surface area contributed by atoms with Gasteiger partial charge in [-0.25, -0.2) is 0 Å². The Balaban J connectivity index is 1.44. The van der Waals surface area contributed by atoms with Crippen LogP contribution in [0.4, 0.5) is 0 Å². The van der Waals surface area contributed by atoms with Crippen LogP contribution in [0, 0.1) is 11.8 Å². The van der Waals surface area contributed by atoms with Crippen molar-refractivity contribution in [3.05, 3.63) is 35.9 Å². The summed E-state index contributed by atoms with van der Waals surface area (Å²) in [5.41, 5.74) is 1.34. The standard InChI is InChI=1S/C22H30N2O3/c1-27-22(26)18-12-11-17(18)21(25)24-14-6-10-20(24)19-9-5-13-23(19)15-16-7-3-2-4-8-16/h2-4,7-8,17-20H,5-6,9-15H2,1H3/t17-,18+,19+,20+/m0/s1. The van der Waals surface area contributed by atoms with Crippen LogP contribution in [0.15, 0.2) is 30.3 Å². The van der Waals surface area contributed by atoms with E-state index in [-0.39, 0.29) is 23.7 Å². The number of benzene rings is 1. The monoisotopic (exact) mass is 370 g/mol. The predicted molar refractivity (Wildman–Crippen MR) is 103 cm³/mol. The molecule has 2 heterocycles. The lowest BCUT2D eigenvalue weighted by Crippen LogP contribution is -2.53. The third-order valence-electron chi connectivity index (χ3n) is 6.76. The minimum Gasteiger partial charge on any atom is -0.469 e. The molecule has 4 atom stereocenters. The molecule has 0 N–H and O–H groups in total. The van der Waals surface area contributed by atoms with Gasteiger partial charge in [-0.05, 0) is 50.6 Å². The molecular formula is C22H30N2O3. The molecule has 0 bridgehead atoms. The summed E-state index contributed by atoms with van der Waals surface area (Å²) >= 11 is 0. The molecule has 5 heteroatoms. The first-order valence-electron chi connectivity index (χ1n) is 10.4. The van der Waals surface area contributed by atoms with Crippen molar-refractivity contribution in [2.75, 3.05) is 20.2 Å². The quantitative estimate of drug-likeness (QED) is 0.748. The van der Waals surface area contributed by atoms with Gasteiger partial charge in [0, 0.05) is 25.2 Å². The van der Waals surface area contributed by atoms with Crippen LogP contribution in [0.3, 0.4) is 0 Å². The van der Waals surface area contributed by atoms with Crippen LogP contribution in [-0.2, 0) is 20.9 Å². The van der Waals surface area contributed by atoms with E-state index < -0.39 is 0 Å². The van der Waals surface area contributed by atoms with E-state index in [2.05, 4.69) is 40.1 Å². The molecule has 1 saturated carbocycles. The van der Waals surface area contributed by atoms with Crippen molar-refractivity contribution in [3.63, 3.8) is 0 Å². The lowest BCUT2D eigenvalue weighted by atomic mass is 9.72. The first kappa shape index (κ1) is 18.5. The normalized spacial score (nSPS) is 30.9. The summed E-state index contributed by atoms with van der Waals surface area (Å²) in [6, 6.07) is 11.3. The minimum absolute atomic E-state index is 0.165. The predicted octanol–water partition coefficient (Wildman–Crippen LogP) is 2.84. The van der Waals surface area contributed by atoms with Crippen LogP contribution < -0.4 is 0 Å². The summed E-state index contributed by atoms with van der Waals surface area (Å²) in [5.74, 6) is -0.428. The molecule has 0 spiro atoms. The van der Waals surface area contributed by atoms with E-state index in [0.29, 0.717) is 12.1 Å². The van der Waals surface area contributed by atoms with E-state index in [9.17, 15) is 9.59 Å². The Bertz CT molecular complexity index is 677. The van der Waals surface area contributed by atoms with Crippen LogP contribution in [0.1, 0.15) is 44.1 Å². The topological polar surface area (TPSA) is 49.9 Å². The number of esters is 1. The van der Waals surface area contributed by atoms with E-state index in [1.165, 1.54) is 19.1 Å². The molecule has 1 aromatic rings. The molecule has 0 unspecified atom stereocenters. The minimum atomic E-state index is -0.229. The van der Waals surface area contributed by atoms with Gasteiger partial charge in [-0.1, -0.05) is 30.3 Å². The maximum Gasteiger partial charge on any atom is 0.309 e. The molecular weight excluding hydrogens is 340 g/mol. The Morgan fingerprint density at radius 2 is 1.67 bits per heavy atom. The van der Waals surface area contributed by atoms with Crippen molar-refractivity contribution in [2.24, 2.45) is 11.8 Å². The lowest BCUT2D eigenvalue weighted by molar-refractivity contribution is -0.159. The number of nitrogens with zero attached hydrogens (tertiary/aromatic N) is 2. The molecule has 146 valence electrons. The molecule has 2 saturated heterocycles. The fourth-order valence-corrected chi connectivity index (χ4v) is 5.21. The van der Waals surface area contributed by atoms with Crippen molar-refractivity contribution in [2.45, 2.75) is 57.2 Å². The highest BCUT2D eigenvalue weighted by atomic mass is 16.5. The fraction of sp³-hybridized carbons (Fsp3) is 0.636. The van der Waals surface area contributed by atoms with Gasteiger partial charge >= 0.3 is 5.97 Å². The smallest absolute Gasteiger partial charge is 0.309 e. The van der Waals surface area contributed by atoms with E-state index >= 15 is 0 Å². The molecule has 3 fully saturated rings. The van der Waals surface area contributed by atoms with Gasteiger partial charge < -0.3 is 9.64 Å². The van der Waals surface area contributed by atoms with Crippen molar-refractivity contribution in [3.8, 4) is 0 Å². The number of carbonyl (C=O) groups excluding carboxylic acids is 2. The molecule has 1 aromatic carbocycles. The number of ether oxygens (including phenoxy) is 1. The molecule has 1 aliphatic carbocycles. The molecule has 3 aliphatic rings. The maximum absolute atomic E-state index is 13.2. The third-order valence-corrected chi connectivity index (χ3v) is 6.76. The highest BCUT2D eigenvalue weighted by molar-refractivity contribution is 5.87. The molecule has 27 heavy (non-hydrogen) atoms. The molecule has 4 rings (SSSR count). The average Bonchev–Trinajstić information content (AvgIpc) is 3.30. The van der Waals surface area contributed by atoms with Gasteiger partial charge in [0.25, 0.3) is 0 Å². The zero-order chi connectivity index (χ0) is 18.8. The van der Waals surface area contributed by atoms with Crippen molar-refractivity contribution >= 4 is 11.9 Å². The number of methoxy groups -OCH3 is 1. The van der Waals surface area contributed by atoms with E-state index in [1.54, 1.807) is 0 Å². The first-order valence-corrected chi connectivity index (χ1v) is 10.4. The Morgan fingerprint density at radius 1 is 0.963 bits per heavy atom. The molecule has 5 nitrogen and oxygen atoms in total. The van der Waals surface area contributed by atoms with Gasteiger partial charge in [0.2, 0.25) is 5.91 Å². The maximum atomic E-state index is 13.2. The highest BCUT2D eigenvalue weighted by Gasteiger charge is 2.47. The van der Waals surface area contributed by atoms with Crippen LogP contribution >= 0.6 is 0 Å². The highest BCUT2D eigenvalue weighted by Crippen LogP contribution is 2.39. The summed E-state index contributed by atoms with van der Waals surface area (Å²) < 4.78 is 4.89. The summed E-state index contributed by atoms with van der Waals surface area (Å²) in [7, 11) is 1.42. The second-order valence-corrected chi connectivity index (χ2v) is 8.22. The Labute approximate surface area is 161 Å². The number of hydrogen-bond donors (Lipinski definition) is 0. The lowest BCUT2D eigenvalue weighted by Gasteiger charge is -2.40. The summed E-state index contributed by atoms with van der Waals surface area (Å²) in [6.45, 7) is 2.90. The van der Waals surface area contributed by atoms with Crippen LogP contribution in [0.5, 0.6) is 0 Å². The zero-order valence-corrected chi connectivity index (χ0v) is 16.2. The van der Waals surface area contributed by atoms with Gasteiger partial charge in [0.15, 0.2) is 0 Å². The molecule has 0 aromatic heterocycles. The fourth-order valence-electron chi connectivity index (χ4n) is 5.21. The second kappa shape index (κ2) is 8.01. The summed E-state index contributed by atoms with van der Waals surface area (Å²) in [6.07, 6.45) is 6.11. The number of rotatable bonds is 5. The van der Waals surface area contributed by atoms with Gasteiger partial charge in [0.05, 0.1) is 18.9 Å². The number of likely N-dealkylation sites (tertiary alicyclic amines) is 2. The van der Waals surface area contributed by atoms with Gasteiger partial charge in [-0.2, -0.15) is 0 Å².